The molecule has 116 valence electrons. The Bertz CT molecular complexity index is 648. The molecule has 2 aromatic rings. The van der Waals surface area contributed by atoms with Crippen molar-refractivity contribution in [2.75, 3.05) is 0 Å². The Kier molecular flexibility index (Phi) is 4.76. The maximum atomic E-state index is 12.2. The normalized spacial score (nSPS) is 21.5. The van der Waals surface area contributed by atoms with Gasteiger partial charge in [0.05, 0.1) is 6.10 Å². The van der Waals surface area contributed by atoms with Gasteiger partial charge in [0.25, 0.3) is 5.91 Å². The van der Waals surface area contributed by atoms with Crippen LogP contribution in [0.4, 0.5) is 0 Å². The van der Waals surface area contributed by atoms with Gasteiger partial charge in [-0.3, -0.25) is 4.79 Å². The van der Waals surface area contributed by atoms with Crippen molar-refractivity contribution in [3.05, 3.63) is 40.4 Å². The number of amides is 1. The molecule has 22 heavy (non-hydrogen) atoms. The van der Waals surface area contributed by atoms with Gasteiger partial charge in [-0.25, -0.2) is 4.98 Å². The van der Waals surface area contributed by atoms with Crippen LogP contribution in [0.1, 0.15) is 36.2 Å². The van der Waals surface area contributed by atoms with Crippen LogP contribution in [0, 0.1) is 0 Å². The Labute approximate surface area is 138 Å². The molecule has 0 bridgehead atoms. The number of benzene rings is 1. The largest absolute Gasteiger partial charge is 0.393 e. The van der Waals surface area contributed by atoms with Gasteiger partial charge in [0.15, 0.2) is 0 Å². The molecule has 1 fully saturated rings. The summed E-state index contributed by atoms with van der Waals surface area (Å²) in [4.78, 5) is 16.6. The second-order valence-electron chi connectivity index (χ2n) is 5.52. The van der Waals surface area contributed by atoms with Crippen LogP contribution >= 0.6 is 22.9 Å². The molecule has 0 unspecified atom stereocenters. The summed E-state index contributed by atoms with van der Waals surface area (Å²) in [5.74, 6) is -0.141. The number of halogens is 1. The van der Waals surface area contributed by atoms with Crippen molar-refractivity contribution in [2.24, 2.45) is 0 Å². The second kappa shape index (κ2) is 6.77. The number of rotatable bonds is 3. The molecule has 1 aromatic heterocycles. The van der Waals surface area contributed by atoms with E-state index in [1.54, 1.807) is 5.38 Å². The van der Waals surface area contributed by atoms with E-state index < -0.39 is 0 Å². The molecule has 0 atom stereocenters. The van der Waals surface area contributed by atoms with Crippen molar-refractivity contribution in [1.29, 1.82) is 0 Å². The van der Waals surface area contributed by atoms with Crippen LogP contribution in [0.3, 0.4) is 0 Å². The molecule has 0 saturated heterocycles. The summed E-state index contributed by atoms with van der Waals surface area (Å²) >= 11 is 7.32. The van der Waals surface area contributed by atoms with E-state index in [0.717, 1.165) is 36.3 Å². The van der Waals surface area contributed by atoms with Crippen LogP contribution in [0.25, 0.3) is 10.6 Å². The van der Waals surface area contributed by atoms with Gasteiger partial charge in [0, 0.05) is 22.0 Å². The third kappa shape index (κ3) is 3.66. The van der Waals surface area contributed by atoms with E-state index in [9.17, 15) is 9.90 Å². The number of aliphatic hydroxyl groups excluding tert-OH is 1. The van der Waals surface area contributed by atoms with Crippen LogP contribution in [0.15, 0.2) is 29.6 Å². The van der Waals surface area contributed by atoms with Crippen molar-refractivity contribution < 1.29 is 9.90 Å². The lowest BCUT2D eigenvalue weighted by Gasteiger charge is -2.25. The number of carbonyl (C=O) groups is 1. The number of thiazole rings is 1. The standard InChI is InChI=1S/C16H17ClN2O2S/c17-11-3-1-10(2-4-11)16-19-14(9-22-16)15(21)18-12-5-7-13(20)8-6-12/h1-4,9,12-13,20H,5-8H2,(H,18,21). The predicted molar refractivity (Wildman–Crippen MR) is 88.3 cm³/mol. The predicted octanol–water partition coefficient (Wildman–Crippen LogP) is 3.50. The molecule has 1 heterocycles. The molecular formula is C16H17ClN2O2S. The Morgan fingerprint density at radius 2 is 1.91 bits per heavy atom. The first kappa shape index (κ1) is 15.5. The molecule has 1 aliphatic carbocycles. The number of hydrogen-bond donors (Lipinski definition) is 2. The van der Waals surface area contributed by atoms with Gasteiger partial charge in [-0.15, -0.1) is 11.3 Å². The monoisotopic (exact) mass is 336 g/mol. The molecular weight excluding hydrogens is 320 g/mol. The van der Waals surface area contributed by atoms with Crippen molar-refractivity contribution in [3.63, 3.8) is 0 Å². The Morgan fingerprint density at radius 3 is 2.59 bits per heavy atom. The molecule has 1 saturated carbocycles. The summed E-state index contributed by atoms with van der Waals surface area (Å²) in [6, 6.07) is 7.55. The SMILES string of the molecule is O=C(NC1CCC(O)CC1)c1csc(-c2ccc(Cl)cc2)n1. The van der Waals surface area contributed by atoms with Crippen LogP contribution in [-0.4, -0.2) is 28.1 Å². The summed E-state index contributed by atoms with van der Waals surface area (Å²) in [7, 11) is 0. The van der Waals surface area contributed by atoms with E-state index in [-0.39, 0.29) is 18.1 Å². The lowest BCUT2D eigenvalue weighted by molar-refractivity contribution is 0.0864. The maximum Gasteiger partial charge on any atom is 0.270 e. The van der Waals surface area contributed by atoms with Gasteiger partial charge >= 0.3 is 0 Å². The lowest BCUT2D eigenvalue weighted by atomic mass is 9.93. The highest BCUT2D eigenvalue weighted by atomic mass is 35.5. The van der Waals surface area contributed by atoms with E-state index in [2.05, 4.69) is 10.3 Å². The summed E-state index contributed by atoms with van der Waals surface area (Å²) in [5.41, 5.74) is 1.40. The summed E-state index contributed by atoms with van der Waals surface area (Å²) in [5, 5.41) is 15.8. The summed E-state index contributed by atoms with van der Waals surface area (Å²) in [6.45, 7) is 0. The van der Waals surface area contributed by atoms with Crippen molar-refractivity contribution >= 4 is 28.8 Å². The molecule has 0 spiro atoms. The Hall–Kier alpha value is -1.43. The fourth-order valence-corrected chi connectivity index (χ4v) is 3.51. The van der Waals surface area contributed by atoms with Crippen molar-refractivity contribution in [2.45, 2.75) is 37.8 Å². The average molecular weight is 337 g/mol. The van der Waals surface area contributed by atoms with Gasteiger partial charge in [-0.1, -0.05) is 23.7 Å². The zero-order chi connectivity index (χ0) is 15.5. The van der Waals surface area contributed by atoms with Crippen LogP contribution in [-0.2, 0) is 0 Å². The van der Waals surface area contributed by atoms with Crippen molar-refractivity contribution in [1.82, 2.24) is 10.3 Å². The maximum absolute atomic E-state index is 12.2. The van der Waals surface area contributed by atoms with E-state index in [1.807, 2.05) is 24.3 Å². The first-order valence-electron chi connectivity index (χ1n) is 7.32. The third-order valence-corrected chi connectivity index (χ3v) is 5.00. The highest BCUT2D eigenvalue weighted by Crippen LogP contribution is 2.25. The van der Waals surface area contributed by atoms with Gasteiger partial charge in [0.2, 0.25) is 0 Å². The Balaban J connectivity index is 1.65. The molecule has 6 heteroatoms. The Morgan fingerprint density at radius 1 is 1.23 bits per heavy atom. The third-order valence-electron chi connectivity index (χ3n) is 3.86. The van der Waals surface area contributed by atoms with E-state index >= 15 is 0 Å². The molecule has 2 N–H and O–H groups in total. The zero-order valence-corrected chi connectivity index (χ0v) is 13.5. The quantitative estimate of drug-likeness (QED) is 0.901. The van der Waals surface area contributed by atoms with Gasteiger partial charge in [0.1, 0.15) is 10.7 Å². The minimum Gasteiger partial charge on any atom is -0.393 e. The second-order valence-corrected chi connectivity index (χ2v) is 6.82. The molecule has 4 nitrogen and oxygen atoms in total. The molecule has 0 radical (unpaired) electrons. The topological polar surface area (TPSA) is 62.2 Å². The molecule has 1 aromatic carbocycles. The van der Waals surface area contributed by atoms with Crippen LogP contribution in [0.2, 0.25) is 5.02 Å². The first-order chi connectivity index (χ1) is 10.6. The zero-order valence-electron chi connectivity index (χ0n) is 12.0. The molecule has 1 amide bonds. The van der Waals surface area contributed by atoms with Gasteiger partial charge < -0.3 is 10.4 Å². The number of carbonyl (C=O) groups excluding carboxylic acids is 1. The number of aliphatic hydroxyl groups is 1. The number of nitrogens with one attached hydrogen (secondary N) is 1. The minimum absolute atomic E-state index is 0.136. The van der Waals surface area contributed by atoms with Gasteiger partial charge in [-0.05, 0) is 37.8 Å². The van der Waals surface area contributed by atoms with Crippen LogP contribution < -0.4 is 5.32 Å². The van der Waals surface area contributed by atoms with E-state index in [0.29, 0.717) is 10.7 Å². The number of hydrogen-bond acceptors (Lipinski definition) is 4. The van der Waals surface area contributed by atoms with Crippen molar-refractivity contribution in [3.8, 4) is 10.6 Å². The first-order valence-corrected chi connectivity index (χ1v) is 8.58. The number of aromatic nitrogens is 1. The van der Waals surface area contributed by atoms with Gasteiger partial charge in [-0.2, -0.15) is 0 Å². The molecule has 0 aliphatic heterocycles. The summed E-state index contributed by atoms with van der Waals surface area (Å²) in [6.07, 6.45) is 2.92. The van der Waals surface area contributed by atoms with E-state index in [1.165, 1.54) is 11.3 Å². The number of nitrogens with zero attached hydrogens (tertiary/aromatic N) is 1. The van der Waals surface area contributed by atoms with E-state index in [4.69, 9.17) is 11.6 Å². The molecule has 3 rings (SSSR count). The average Bonchev–Trinajstić information content (AvgIpc) is 3.00. The highest BCUT2D eigenvalue weighted by molar-refractivity contribution is 7.13. The smallest absolute Gasteiger partial charge is 0.270 e. The fraction of sp³-hybridized carbons (Fsp3) is 0.375. The summed E-state index contributed by atoms with van der Waals surface area (Å²) < 4.78 is 0. The highest BCUT2D eigenvalue weighted by Gasteiger charge is 2.22. The van der Waals surface area contributed by atoms with Crippen LogP contribution in [0.5, 0.6) is 0 Å². The fourth-order valence-electron chi connectivity index (χ4n) is 2.58. The molecule has 1 aliphatic rings. The minimum atomic E-state index is -0.219. The lowest BCUT2D eigenvalue weighted by Crippen LogP contribution is -2.38.